The number of hydrogen-bond donors (Lipinski definition) is 2. The van der Waals surface area contributed by atoms with Gasteiger partial charge in [-0.3, -0.25) is 5.43 Å². The molecule has 1 aromatic heterocycles. The van der Waals surface area contributed by atoms with Crippen molar-refractivity contribution in [1.82, 2.24) is 15.0 Å². The molecule has 3 N–H and O–H groups in total. The monoisotopic (exact) mass is 252 g/mol. The number of hydrazine groups is 1. The van der Waals surface area contributed by atoms with Crippen molar-refractivity contribution in [2.24, 2.45) is 11.3 Å². The van der Waals surface area contributed by atoms with E-state index in [0.717, 1.165) is 19.5 Å². The number of nitrogens with two attached hydrogens (primary N) is 1. The Morgan fingerprint density at radius 1 is 1.33 bits per heavy atom. The molecule has 0 saturated carbocycles. The highest BCUT2D eigenvalue weighted by Gasteiger charge is 2.28. The SMILES string of the molecule is COc1nc(NN)nc(N2CCCC(C)(C)C2)n1. The van der Waals surface area contributed by atoms with E-state index in [9.17, 15) is 0 Å². The molecule has 1 fully saturated rings. The first-order chi connectivity index (χ1) is 8.54. The molecule has 0 atom stereocenters. The third-order valence-electron chi connectivity index (χ3n) is 3.10. The minimum absolute atomic E-state index is 0.272. The van der Waals surface area contributed by atoms with Gasteiger partial charge in [-0.2, -0.15) is 15.0 Å². The Balaban J connectivity index is 2.26. The zero-order chi connectivity index (χ0) is 13.2. The lowest BCUT2D eigenvalue weighted by molar-refractivity contribution is 0.289. The fourth-order valence-electron chi connectivity index (χ4n) is 2.24. The second-order valence-electron chi connectivity index (χ2n) is 5.28. The standard InChI is InChI=1S/C11H20N6O/c1-11(2)5-4-6-17(7-11)9-13-8(16-12)14-10(15-9)18-3/h4-7,12H2,1-3H3,(H,13,14,15,16). The third kappa shape index (κ3) is 2.79. The van der Waals surface area contributed by atoms with Gasteiger partial charge in [0.2, 0.25) is 11.9 Å². The van der Waals surface area contributed by atoms with E-state index < -0.39 is 0 Å². The normalized spacial score (nSPS) is 18.6. The van der Waals surface area contributed by atoms with Crippen molar-refractivity contribution in [3.8, 4) is 6.01 Å². The quantitative estimate of drug-likeness (QED) is 0.607. The molecule has 1 saturated heterocycles. The molecule has 1 aliphatic rings. The molecular weight excluding hydrogens is 232 g/mol. The van der Waals surface area contributed by atoms with Gasteiger partial charge >= 0.3 is 6.01 Å². The van der Waals surface area contributed by atoms with Crippen LogP contribution in [0.25, 0.3) is 0 Å². The third-order valence-corrected chi connectivity index (χ3v) is 3.10. The van der Waals surface area contributed by atoms with Crippen molar-refractivity contribution in [2.75, 3.05) is 30.5 Å². The molecule has 0 unspecified atom stereocenters. The van der Waals surface area contributed by atoms with Gasteiger partial charge in [0.1, 0.15) is 0 Å². The Labute approximate surface area is 107 Å². The number of nitrogens with zero attached hydrogens (tertiary/aromatic N) is 4. The van der Waals surface area contributed by atoms with E-state index >= 15 is 0 Å². The zero-order valence-corrected chi connectivity index (χ0v) is 11.1. The molecule has 2 rings (SSSR count). The maximum absolute atomic E-state index is 5.35. The van der Waals surface area contributed by atoms with Crippen LogP contribution in [0.2, 0.25) is 0 Å². The predicted octanol–water partition coefficient (Wildman–Crippen LogP) is 0.792. The maximum Gasteiger partial charge on any atom is 0.322 e. The average Bonchev–Trinajstić information content (AvgIpc) is 2.37. The molecule has 7 nitrogen and oxygen atoms in total. The smallest absolute Gasteiger partial charge is 0.322 e. The summed E-state index contributed by atoms with van der Waals surface area (Å²) < 4.78 is 5.06. The summed E-state index contributed by atoms with van der Waals surface area (Å²) in [6, 6.07) is 0.274. The van der Waals surface area contributed by atoms with Crippen LogP contribution >= 0.6 is 0 Å². The summed E-state index contributed by atoms with van der Waals surface area (Å²) >= 11 is 0. The van der Waals surface area contributed by atoms with Crippen molar-refractivity contribution in [2.45, 2.75) is 26.7 Å². The number of anilines is 2. The van der Waals surface area contributed by atoms with E-state index in [2.05, 4.69) is 39.1 Å². The Morgan fingerprint density at radius 3 is 2.72 bits per heavy atom. The maximum atomic E-state index is 5.35. The highest BCUT2D eigenvalue weighted by molar-refractivity contribution is 5.38. The lowest BCUT2D eigenvalue weighted by Gasteiger charge is -2.38. The van der Waals surface area contributed by atoms with Crippen molar-refractivity contribution in [3.05, 3.63) is 0 Å². The first-order valence-corrected chi connectivity index (χ1v) is 6.06. The van der Waals surface area contributed by atoms with Crippen LogP contribution < -0.4 is 20.9 Å². The van der Waals surface area contributed by atoms with Gasteiger partial charge in [0.05, 0.1) is 7.11 Å². The minimum atomic E-state index is 0.272. The van der Waals surface area contributed by atoms with Gasteiger partial charge in [0.15, 0.2) is 0 Å². The van der Waals surface area contributed by atoms with Gasteiger partial charge in [-0.1, -0.05) is 13.8 Å². The van der Waals surface area contributed by atoms with E-state index in [0.29, 0.717) is 11.9 Å². The Morgan fingerprint density at radius 2 is 2.11 bits per heavy atom. The van der Waals surface area contributed by atoms with Crippen LogP contribution in [0.15, 0.2) is 0 Å². The number of nitrogen functional groups attached to an aromatic ring is 1. The van der Waals surface area contributed by atoms with Gasteiger partial charge in [0, 0.05) is 13.1 Å². The zero-order valence-electron chi connectivity index (χ0n) is 11.1. The van der Waals surface area contributed by atoms with Crippen LogP contribution in [-0.2, 0) is 0 Å². The van der Waals surface area contributed by atoms with Crippen LogP contribution in [0.3, 0.4) is 0 Å². The van der Waals surface area contributed by atoms with Crippen LogP contribution in [0.1, 0.15) is 26.7 Å². The number of rotatable bonds is 3. The molecule has 1 aliphatic heterocycles. The molecule has 0 amide bonds. The van der Waals surface area contributed by atoms with Crippen LogP contribution in [0.4, 0.5) is 11.9 Å². The summed E-state index contributed by atoms with van der Waals surface area (Å²) in [7, 11) is 1.53. The molecule has 0 aliphatic carbocycles. The molecule has 0 spiro atoms. The number of aromatic nitrogens is 3. The van der Waals surface area contributed by atoms with Gasteiger partial charge in [0.25, 0.3) is 0 Å². The van der Waals surface area contributed by atoms with E-state index in [1.165, 1.54) is 13.5 Å². The summed E-state index contributed by atoms with van der Waals surface area (Å²) in [6.45, 7) is 6.37. The molecule has 7 heteroatoms. The van der Waals surface area contributed by atoms with E-state index in [1.54, 1.807) is 0 Å². The first-order valence-electron chi connectivity index (χ1n) is 6.06. The summed E-state index contributed by atoms with van der Waals surface area (Å²) in [4.78, 5) is 14.7. The lowest BCUT2D eigenvalue weighted by Crippen LogP contribution is -2.41. The molecule has 1 aromatic rings. The van der Waals surface area contributed by atoms with Gasteiger partial charge in [-0.15, -0.1) is 0 Å². The molecule has 100 valence electrons. The Hall–Kier alpha value is -1.63. The van der Waals surface area contributed by atoms with E-state index in [4.69, 9.17) is 10.6 Å². The van der Waals surface area contributed by atoms with Crippen LogP contribution in [0.5, 0.6) is 6.01 Å². The number of hydrogen-bond acceptors (Lipinski definition) is 7. The lowest BCUT2D eigenvalue weighted by atomic mass is 9.84. The van der Waals surface area contributed by atoms with Crippen LogP contribution in [-0.4, -0.2) is 35.2 Å². The highest BCUT2D eigenvalue weighted by Crippen LogP contribution is 2.30. The summed E-state index contributed by atoms with van der Waals surface area (Å²) in [5, 5.41) is 0. The molecule has 0 aromatic carbocycles. The van der Waals surface area contributed by atoms with Gasteiger partial charge in [-0.05, 0) is 18.3 Å². The minimum Gasteiger partial charge on any atom is -0.467 e. The predicted molar refractivity (Wildman–Crippen MR) is 69.4 cm³/mol. The molecule has 2 heterocycles. The molecule has 18 heavy (non-hydrogen) atoms. The first kappa shape index (κ1) is 12.8. The molecule has 0 radical (unpaired) electrons. The van der Waals surface area contributed by atoms with E-state index in [1.807, 2.05) is 0 Å². The fraction of sp³-hybridized carbons (Fsp3) is 0.727. The van der Waals surface area contributed by atoms with Crippen LogP contribution in [0, 0.1) is 5.41 Å². The number of methoxy groups -OCH3 is 1. The molecular formula is C11H20N6O. The topological polar surface area (TPSA) is 89.2 Å². The van der Waals surface area contributed by atoms with E-state index in [-0.39, 0.29) is 11.4 Å². The Kier molecular flexibility index (Phi) is 3.51. The summed E-state index contributed by atoms with van der Waals surface area (Å²) in [6.07, 6.45) is 2.35. The van der Waals surface area contributed by atoms with Crippen molar-refractivity contribution in [1.29, 1.82) is 0 Å². The van der Waals surface area contributed by atoms with Crippen molar-refractivity contribution in [3.63, 3.8) is 0 Å². The average molecular weight is 252 g/mol. The second kappa shape index (κ2) is 4.93. The van der Waals surface area contributed by atoms with Gasteiger partial charge in [-0.25, -0.2) is 5.84 Å². The number of piperidine rings is 1. The number of nitrogens with one attached hydrogen (secondary N) is 1. The van der Waals surface area contributed by atoms with Crippen molar-refractivity contribution >= 4 is 11.9 Å². The highest BCUT2D eigenvalue weighted by atomic mass is 16.5. The molecule has 0 bridgehead atoms. The summed E-state index contributed by atoms with van der Waals surface area (Å²) in [5.74, 6) is 6.28. The second-order valence-corrected chi connectivity index (χ2v) is 5.28. The van der Waals surface area contributed by atoms with Gasteiger partial charge < -0.3 is 9.64 Å². The fourth-order valence-corrected chi connectivity index (χ4v) is 2.24. The largest absolute Gasteiger partial charge is 0.467 e. The summed E-state index contributed by atoms with van der Waals surface area (Å²) in [5.41, 5.74) is 2.71. The van der Waals surface area contributed by atoms with Crippen molar-refractivity contribution < 1.29 is 4.74 Å². The Bertz CT molecular complexity index is 400. The number of ether oxygens (including phenoxy) is 1.